The number of nitrogens with two attached hydrogens (primary N) is 2. The van der Waals surface area contributed by atoms with Crippen molar-refractivity contribution in [3.05, 3.63) is 82.4 Å². The molecule has 166 valence electrons. The molecule has 0 spiro atoms. The SMILES string of the molecule is CCc1c(C2(C(N)=O)CC(C(N)=O)=Nc3cc(F)ccc32)cnn1Cc1ccc(C#N)cc1. The Hall–Kier alpha value is -4.32. The van der Waals surface area contributed by atoms with E-state index in [1.165, 1.54) is 12.1 Å². The molecule has 2 aromatic carbocycles. The van der Waals surface area contributed by atoms with Crippen LogP contribution in [0, 0.1) is 17.1 Å². The minimum Gasteiger partial charge on any atom is -0.369 e. The highest BCUT2D eigenvalue weighted by molar-refractivity contribution is 6.40. The fourth-order valence-corrected chi connectivity index (χ4v) is 4.36. The molecule has 33 heavy (non-hydrogen) atoms. The lowest BCUT2D eigenvalue weighted by atomic mass is 9.68. The smallest absolute Gasteiger partial charge is 0.263 e. The normalized spacial score (nSPS) is 17.1. The van der Waals surface area contributed by atoms with Crippen molar-refractivity contribution in [1.82, 2.24) is 9.78 Å². The van der Waals surface area contributed by atoms with Crippen molar-refractivity contribution in [3.8, 4) is 6.07 Å². The maximum absolute atomic E-state index is 14.0. The Morgan fingerprint density at radius 3 is 2.52 bits per heavy atom. The zero-order valence-corrected chi connectivity index (χ0v) is 17.9. The Labute approximate surface area is 189 Å². The lowest BCUT2D eigenvalue weighted by molar-refractivity contribution is -0.122. The molecule has 0 saturated carbocycles. The molecule has 8 nitrogen and oxygen atoms in total. The minimum atomic E-state index is -1.48. The molecule has 2 amide bonds. The van der Waals surface area contributed by atoms with Gasteiger partial charge in [-0.15, -0.1) is 0 Å². The summed E-state index contributed by atoms with van der Waals surface area (Å²) in [4.78, 5) is 29.3. The van der Waals surface area contributed by atoms with Crippen molar-refractivity contribution in [1.29, 1.82) is 5.26 Å². The average Bonchev–Trinajstić information content (AvgIpc) is 3.20. The summed E-state index contributed by atoms with van der Waals surface area (Å²) in [6.45, 7) is 2.32. The molecule has 0 bridgehead atoms. The van der Waals surface area contributed by atoms with Gasteiger partial charge in [0.25, 0.3) is 5.91 Å². The molecule has 1 aliphatic heterocycles. The van der Waals surface area contributed by atoms with E-state index in [4.69, 9.17) is 16.7 Å². The Morgan fingerprint density at radius 1 is 1.18 bits per heavy atom. The van der Waals surface area contributed by atoms with Gasteiger partial charge in [-0.1, -0.05) is 25.1 Å². The topological polar surface area (TPSA) is 140 Å². The quantitative estimate of drug-likeness (QED) is 0.601. The van der Waals surface area contributed by atoms with E-state index >= 15 is 0 Å². The lowest BCUT2D eigenvalue weighted by Crippen LogP contribution is -2.47. The van der Waals surface area contributed by atoms with Crippen LogP contribution in [0.4, 0.5) is 10.1 Å². The van der Waals surface area contributed by atoms with E-state index < -0.39 is 23.0 Å². The predicted molar refractivity (Wildman–Crippen MR) is 119 cm³/mol. The number of hydrogen-bond acceptors (Lipinski definition) is 5. The van der Waals surface area contributed by atoms with Crippen LogP contribution in [0.1, 0.15) is 41.3 Å². The maximum Gasteiger partial charge on any atom is 0.263 e. The summed E-state index contributed by atoms with van der Waals surface area (Å²) in [5, 5.41) is 13.5. The summed E-state index contributed by atoms with van der Waals surface area (Å²) >= 11 is 0. The molecule has 3 aromatic rings. The van der Waals surface area contributed by atoms with Crippen LogP contribution in [0.5, 0.6) is 0 Å². The summed E-state index contributed by atoms with van der Waals surface area (Å²) in [6.07, 6.45) is 1.93. The third kappa shape index (κ3) is 3.65. The van der Waals surface area contributed by atoms with Gasteiger partial charge in [0.05, 0.1) is 30.1 Å². The van der Waals surface area contributed by atoms with Gasteiger partial charge in [-0.05, 0) is 41.8 Å². The molecule has 9 heteroatoms. The largest absolute Gasteiger partial charge is 0.369 e. The second-order valence-corrected chi connectivity index (χ2v) is 7.86. The van der Waals surface area contributed by atoms with Crippen molar-refractivity contribution >= 4 is 23.2 Å². The number of primary amides is 2. The molecular weight excluding hydrogens is 423 g/mol. The number of nitrogens with zero attached hydrogens (tertiary/aromatic N) is 4. The molecule has 4 N–H and O–H groups in total. The third-order valence-electron chi connectivity index (χ3n) is 5.97. The van der Waals surface area contributed by atoms with Gasteiger partial charge in [-0.25, -0.2) is 9.38 Å². The maximum atomic E-state index is 14.0. The number of benzene rings is 2. The third-order valence-corrected chi connectivity index (χ3v) is 5.97. The zero-order valence-electron chi connectivity index (χ0n) is 17.9. The highest BCUT2D eigenvalue weighted by Gasteiger charge is 2.48. The van der Waals surface area contributed by atoms with E-state index in [0.717, 1.165) is 17.3 Å². The van der Waals surface area contributed by atoms with E-state index in [1.807, 2.05) is 19.1 Å². The van der Waals surface area contributed by atoms with Crippen molar-refractivity contribution in [2.24, 2.45) is 16.5 Å². The van der Waals surface area contributed by atoms with Gasteiger partial charge >= 0.3 is 0 Å². The summed E-state index contributed by atoms with van der Waals surface area (Å²) in [6, 6.07) is 13.0. The molecule has 1 aromatic heterocycles. The fraction of sp³-hybridized carbons (Fsp3) is 0.208. The standard InChI is InChI=1S/C24H21FN6O2/c1-2-21-18(12-29-31(21)13-15-5-3-14(11-26)4-6-15)24(23(28)33)10-20(22(27)32)30-19-9-16(25)7-8-17(19)24/h3-9,12H,2,10,13H2,1H3,(H2,27,32)(H2,28,33). The molecule has 4 rings (SSSR count). The number of rotatable bonds is 6. The molecule has 0 fully saturated rings. The van der Waals surface area contributed by atoms with Gasteiger partial charge in [0.15, 0.2) is 0 Å². The Kier molecular flexibility index (Phi) is 5.52. The number of aromatic nitrogens is 2. The fourth-order valence-electron chi connectivity index (χ4n) is 4.36. The first-order valence-electron chi connectivity index (χ1n) is 10.3. The number of nitriles is 1. The highest BCUT2D eigenvalue weighted by atomic mass is 19.1. The highest BCUT2D eigenvalue weighted by Crippen LogP contribution is 2.45. The van der Waals surface area contributed by atoms with Crippen molar-refractivity contribution in [3.63, 3.8) is 0 Å². The molecule has 1 atom stereocenters. The number of fused-ring (bicyclic) bond motifs is 1. The summed E-state index contributed by atoms with van der Waals surface area (Å²) in [7, 11) is 0. The second kappa shape index (κ2) is 8.31. The predicted octanol–water partition coefficient (Wildman–Crippen LogP) is 2.24. The van der Waals surface area contributed by atoms with Gasteiger partial charge < -0.3 is 11.5 Å². The van der Waals surface area contributed by atoms with E-state index in [-0.39, 0.29) is 17.8 Å². The van der Waals surface area contributed by atoms with Crippen molar-refractivity contribution in [2.45, 2.75) is 31.7 Å². The van der Waals surface area contributed by atoms with Crippen LogP contribution in [0.2, 0.25) is 0 Å². The van der Waals surface area contributed by atoms with E-state index in [0.29, 0.717) is 29.7 Å². The average molecular weight is 444 g/mol. The van der Waals surface area contributed by atoms with Crippen LogP contribution in [0.15, 0.2) is 53.7 Å². The Bertz CT molecular complexity index is 1340. The monoisotopic (exact) mass is 444 g/mol. The number of amides is 2. The first kappa shape index (κ1) is 21.9. The lowest BCUT2D eigenvalue weighted by Gasteiger charge is -2.35. The molecule has 1 aliphatic rings. The van der Waals surface area contributed by atoms with Crippen LogP contribution in [-0.4, -0.2) is 27.3 Å². The van der Waals surface area contributed by atoms with Crippen molar-refractivity contribution in [2.75, 3.05) is 0 Å². The molecule has 0 saturated heterocycles. The van der Waals surface area contributed by atoms with E-state index in [1.54, 1.807) is 23.0 Å². The Morgan fingerprint density at radius 2 is 1.91 bits per heavy atom. The zero-order chi connectivity index (χ0) is 23.8. The molecule has 0 aliphatic carbocycles. The summed E-state index contributed by atoms with van der Waals surface area (Å²) in [5.41, 5.74) is 13.2. The van der Waals surface area contributed by atoms with Crippen LogP contribution in [0.25, 0.3) is 0 Å². The first-order chi connectivity index (χ1) is 15.8. The van der Waals surface area contributed by atoms with Gasteiger partial charge in [0, 0.05) is 17.7 Å². The molecular formula is C24H21FN6O2. The van der Waals surface area contributed by atoms with Crippen LogP contribution in [-0.2, 0) is 28.0 Å². The number of carbonyl (C=O) groups is 2. The number of hydrogen-bond donors (Lipinski definition) is 2. The Balaban J connectivity index is 1.88. The van der Waals surface area contributed by atoms with E-state index in [9.17, 15) is 14.0 Å². The van der Waals surface area contributed by atoms with Gasteiger partial charge in [0.1, 0.15) is 16.9 Å². The first-order valence-corrected chi connectivity index (χ1v) is 10.3. The van der Waals surface area contributed by atoms with Gasteiger partial charge in [-0.3, -0.25) is 14.3 Å². The number of halogens is 1. The van der Waals surface area contributed by atoms with Gasteiger partial charge in [0.2, 0.25) is 5.91 Å². The van der Waals surface area contributed by atoms with Crippen molar-refractivity contribution < 1.29 is 14.0 Å². The molecule has 2 heterocycles. The molecule has 0 radical (unpaired) electrons. The van der Waals surface area contributed by atoms with E-state index in [2.05, 4.69) is 16.2 Å². The van der Waals surface area contributed by atoms with Crippen LogP contribution in [0.3, 0.4) is 0 Å². The number of aliphatic imine (C=N–C) groups is 1. The molecule has 1 unspecified atom stereocenters. The summed E-state index contributed by atoms with van der Waals surface area (Å²) < 4.78 is 15.7. The minimum absolute atomic E-state index is 0.0613. The number of carbonyl (C=O) groups excluding carboxylic acids is 2. The van der Waals surface area contributed by atoms with Crippen LogP contribution >= 0.6 is 0 Å². The second-order valence-electron chi connectivity index (χ2n) is 7.86. The summed E-state index contributed by atoms with van der Waals surface area (Å²) in [5.74, 6) is -2.08. The van der Waals surface area contributed by atoms with Gasteiger partial charge in [-0.2, -0.15) is 10.4 Å². The van der Waals surface area contributed by atoms with Crippen LogP contribution < -0.4 is 11.5 Å².